The molecule has 2 heterocycles. The predicted molar refractivity (Wildman–Crippen MR) is 111 cm³/mol. The minimum Gasteiger partial charge on any atom is -0.269 e. The molecule has 0 aliphatic heterocycles. The molecule has 140 valence electrons. The monoisotopic (exact) mass is 387 g/mol. The summed E-state index contributed by atoms with van der Waals surface area (Å²) in [6.07, 6.45) is 5.00. The number of nitrogens with one attached hydrogen (secondary N) is 1. The van der Waals surface area contributed by atoms with Gasteiger partial charge in [-0.25, -0.2) is 0 Å². The second kappa shape index (κ2) is 6.87. The van der Waals surface area contributed by atoms with Crippen LogP contribution in [0.1, 0.15) is 40.8 Å². The van der Waals surface area contributed by atoms with E-state index in [1.807, 2.05) is 21.6 Å². The number of hydrogen-bond donors (Lipinski definition) is 1. The summed E-state index contributed by atoms with van der Waals surface area (Å²) in [7, 11) is 0. The zero-order valence-electron chi connectivity index (χ0n) is 15.6. The molecule has 1 aliphatic rings. The lowest BCUT2D eigenvalue weighted by Crippen LogP contribution is -2.02. The van der Waals surface area contributed by atoms with E-state index in [9.17, 15) is 0 Å². The van der Waals surface area contributed by atoms with E-state index in [1.54, 1.807) is 0 Å². The molecule has 28 heavy (non-hydrogen) atoms. The number of aromatic nitrogens is 5. The van der Waals surface area contributed by atoms with E-state index in [1.165, 1.54) is 16.7 Å². The number of benzene rings is 2. The van der Waals surface area contributed by atoms with Gasteiger partial charge in [-0.3, -0.25) is 14.3 Å². The van der Waals surface area contributed by atoms with Crippen LogP contribution in [0.4, 0.5) is 0 Å². The van der Waals surface area contributed by atoms with Gasteiger partial charge in [0.05, 0.1) is 18.4 Å². The van der Waals surface area contributed by atoms with Crippen LogP contribution in [0, 0.1) is 11.7 Å². The molecule has 1 N–H and O–H groups in total. The Balaban J connectivity index is 1.41. The lowest BCUT2D eigenvalue weighted by atomic mass is 10.1. The van der Waals surface area contributed by atoms with E-state index in [0.717, 1.165) is 24.5 Å². The first-order chi connectivity index (χ1) is 13.7. The zero-order chi connectivity index (χ0) is 19.1. The first-order valence-electron chi connectivity index (χ1n) is 9.49. The van der Waals surface area contributed by atoms with E-state index >= 15 is 0 Å². The van der Waals surface area contributed by atoms with Crippen LogP contribution >= 0.6 is 12.2 Å². The van der Waals surface area contributed by atoms with E-state index in [0.29, 0.717) is 16.6 Å². The summed E-state index contributed by atoms with van der Waals surface area (Å²) in [5.41, 5.74) is 4.81. The first kappa shape index (κ1) is 17.1. The molecule has 5 rings (SSSR count). The van der Waals surface area contributed by atoms with Crippen molar-refractivity contribution in [2.75, 3.05) is 0 Å². The van der Waals surface area contributed by atoms with E-state index in [-0.39, 0.29) is 0 Å². The van der Waals surface area contributed by atoms with Crippen LogP contribution in [0.5, 0.6) is 0 Å². The summed E-state index contributed by atoms with van der Waals surface area (Å²) < 4.78 is 4.59. The minimum atomic E-state index is 0.385. The molecule has 0 saturated heterocycles. The van der Waals surface area contributed by atoms with Crippen molar-refractivity contribution in [2.24, 2.45) is 0 Å². The van der Waals surface area contributed by atoms with Crippen LogP contribution in [-0.4, -0.2) is 24.5 Å². The average molecular weight is 388 g/mol. The second-order valence-electron chi connectivity index (χ2n) is 7.46. The maximum absolute atomic E-state index is 5.52. The Bertz CT molecular complexity index is 1150. The van der Waals surface area contributed by atoms with Gasteiger partial charge in [0, 0.05) is 12.1 Å². The molecule has 2 atom stereocenters. The molecule has 0 amide bonds. The number of aromatic amines is 1. The number of nitrogens with zero attached hydrogens (tertiary/aromatic N) is 4. The topological polar surface area (TPSA) is 51.4 Å². The summed E-state index contributed by atoms with van der Waals surface area (Å²) >= 11 is 5.52. The zero-order valence-corrected chi connectivity index (χ0v) is 16.4. The fourth-order valence-electron chi connectivity index (χ4n) is 3.79. The largest absolute Gasteiger partial charge is 0.269 e. The predicted octanol–water partition coefficient (Wildman–Crippen LogP) is 4.75. The van der Waals surface area contributed by atoms with Crippen LogP contribution in [0.3, 0.4) is 0 Å². The van der Waals surface area contributed by atoms with Crippen LogP contribution in [0.25, 0.3) is 5.69 Å². The van der Waals surface area contributed by atoms with Gasteiger partial charge in [-0.05, 0) is 42.6 Å². The maximum atomic E-state index is 5.52. The molecule has 1 aliphatic carbocycles. The van der Waals surface area contributed by atoms with Crippen molar-refractivity contribution in [1.29, 1.82) is 0 Å². The highest BCUT2D eigenvalue weighted by molar-refractivity contribution is 7.71. The third-order valence-electron chi connectivity index (χ3n) is 5.39. The van der Waals surface area contributed by atoms with Gasteiger partial charge in [0.1, 0.15) is 5.82 Å². The Kier molecular flexibility index (Phi) is 4.20. The Morgan fingerprint density at radius 1 is 1.07 bits per heavy atom. The van der Waals surface area contributed by atoms with Crippen LogP contribution < -0.4 is 0 Å². The highest BCUT2D eigenvalue weighted by Crippen LogP contribution is 2.54. The highest BCUT2D eigenvalue weighted by Gasteiger charge is 2.43. The molecule has 0 unspecified atom stereocenters. The Labute approximate surface area is 168 Å². The second-order valence-corrected chi connectivity index (χ2v) is 7.85. The Hall–Kier alpha value is -2.99. The van der Waals surface area contributed by atoms with Gasteiger partial charge >= 0.3 is 0 Å². The molecule has 2 aromatic carbocycles. The van der Waals surface area contributed by atoms with Crippen molar-refractivity contribution < 1.29 is 0 Å². The van der Waals surface area contributed by atoms with Crippen LogP contribution in [-0.2, 0) is 6.54 Å². The molecule has 0 bridgehead atoms. The van der Waals surface area contributed by atoms with Crippen molar-refractivity contribution in [3.63, 3.8) is 0 Å². The van der Waals surface area contributed by atoms with Gasteiger partial charge in [-0.2, -0.15) is 10.2 Å². The summed E-state index contributed by atoms with van der Waals surface area (Å²) in [6, 6.07) is 19.2. The van der Waals surface area contributed by atoms with Crippen molar-refractivity contribution in [3.05, 3.63) is 94.3 Å². The molecular weight excluding hydrogens is 366 g/mol. The van der Waals surface area contributed by atoms with Gasteiger partial charge < -0.3 is 0 Å². The van der Waals surface area contributed by atoms with Crippen molar-refractivity contribution in [1.82, 2.24) is 24.5 Å². The number of rotatable bonds is 5. The first-order valence-corrected chi connectivity index (χ1v) is 9.90. The molecule has 6 heteroatoms. The van der Waals surface area contributed by atoms with E-state index < -0.39 is 0 Å². The standard InChI is InChI=1S/C22H21N5S/c1-15-7-9-16(10-8-15)13-26-14-18(12-23-26)27-21(24-25-22(27)28)20-11-19(20)17-5-3-2-4-6-17/h2-10,12,14,19-20H,11,13H2,1H3,(H,25,28)/t19-,20+/m1/s1. The molecule has 1 fully saturated rings. The molecule has 0 spiro atoms. The fraction of sp³-hybridized carbons (Fsp3) is 0.227. The lowest BCUT2D eigenvalue weighted by molar-refractivity contribution is 0.686. The van der Waals surface area contributed by atoms with Crippen molar-refractivity contribution in [3.8, 4) is 5.69 Å². The summed E-state index contributed by atoms with van der Waals surface area (Å²) in [6.45, 7) is 2.83. The van der Waals surface area contributed by atoms with Gasteiger partial charge in [0.25, 0.3) is 0 Å². The van der Waals surface area contributed by atoms with E-state index in [2.05, 4.69) is 76.8 Å². The summed E-state index contributed by atoms with van der Waals surface area (Å²) in [5.74, 6) is 1.89. The minimum absolute atomic E-state index is 0.385. The van der Waals surface area contributed by atoms with Crippen molar-refractivity contribution >= 4 is 12.2 Å². The van der Waals surface area contributed by atoms with Crippen molar-refractivity contribution in [2.45, 2.75) is 31.7 Å². The van der Waals surface area contributed by atoms with Crippen LogP contribution in [0.15, 0.2) is 67.0 Å². The molecule has 5 nitrogen and oxygen atoms in total. The number of aryl methyl sites for hydroxylation is 1. The summed E-state index contributed by atoms with van der Waals surface area (Å²) in [5, 5.41) is 12.1. The molecule has 1 saturated carbocycles. The third kappa shape index (κ3) is 3.20. The number of hydrogen-bond acceptors (Lipinski definition) is 3. The highest BCUT2D eigenvalue weighted by atomic mass is 32.1. The SMILES string of the molecule is Cc1ccc(Cn2cc(-n3c([C@H]4C[C@@H]4c4ccccc4)n[nH]c3=S)cn2)cc1. The quantitative estimate of drug-likeness (QED) is 0.503. The average Bonchev–Trinajstić information content (AvgIpc) is 3.23. The summed E-state index contributed by atoms with van der Waals surface area (Å²) in [4.78, 5) is 0. The smallest absolute Gasteiger partial charge is 0.199 e. The fourth-order valence-corrected chi connectivity index (χ4v) is 4.04. The molecule has 0 radical (unpaired) electrons. The van der Waals surface area contributed by atoms with Gasteiger partial charge in [-0.1, -0.05) is 60.2 Å². The van der Waals surface area contributed by atoms with Crippen LogP contribution in [0.2, 0.25) is 0 Å². The van der Waals surface area contributed by atoms with Gasteiger partial charge in [-0.15, -0.1) is 0 Å². The molecule has 4 aromatic rings. The number of H-pyrrole nitrogens is 1. The van der Waals surface area contributed by atoms with Gasteiger partial charge in [0.2, 0.25) is 0 Å². The molecular formula is C22H21N5S. The normalized spacial score (nSPS) is 18.3. The third-order valence-corrected chi connectivity index (χ3v) is 5.66. The Morgan fingerprint density at radius 3 is 2.64 bits per heavy atom. The van der Waals surface area contributed by atoms with Gasteiger partial charge in [0.15, 0.2) is 4.77 Å². The maximum Gasteiger partial charge on any atom is 0.199 e. The lowest BCUT2D eigenvalue weighted by Gasteiger charge is -2.05. The van der Waals surface area contributed by atoms with E-state index in [4.69, 9.17) is 12.2 Å². The Morgan fingerprint density at radius 2 is 1.86 bits per heavy atom. The molecule has 2 aromatic heterocycles.